The van der Waals surface area contributed by atoms with Crippen molar-refractivity contribution in [3.63, 3.8) is 0 Å². The molecule has 1 amide bonds. The van der Waals surface area contributed by atoms with Crippen molar-refractivity contribution in [2.24, 2.45) is 0 Å². The highest BCUT2D eigenvalue weighted by atomic mass is 16.5. The number of para-hydroxylation sites is 1. The maximum atomic E-state index is 11.9. The molecule has 0 spiro atoms. The lowest BCUT2D eigenvalue weighted by molar-refractivity contribution is -0.143. The summed E-state index contributed by atoms with van der Waals surface area (Å²) in [7, 11) is 1.32. The van der Waals surface area contributed by atoms with Crippen molar-refractivity contribution in [1.29, 1.82) is 0 Å². The van der Waals surface area contributed by atoms with E-state index < -0.39 is 18.0 Å². The number of methoxy groups -OCH3 is 1. The molecule has 0 radical (unpaired) electrons. The molecule has 5 heteroatoms. The Balaban J connectivity index is 2.83. The van der Waals surface area contributed by atoms with Gasteiger partial charge >= 0.3 is 5.97 Å². The number of carbonyl (C=O) groups is 2. The van der Waals surface area contributed by atoms with E-state index in [9.17, 15) is 9.59 Å². The van der Waals surface area contributed by atoms with E-state index in [-0.39, 0.29) is 6.42 Å². The molecule has 2 N–H and O–H groups in total. The fraction of sp³-hybridized carbons (Fsp3) is 0.385. The molecule has 1 rings (SSSR count). The summed E-state index contributed by atoms with van der Waals surface area (Å²) in [5.41, 5.74) is 2.55. The number of nitrogens with one attached hydrogen (secondary N) is 1. The van der Waals surface area contributed by atoms with E-state index in [1.54, 1.807) is 0 Å². The molecule has 0 aliphatic carbocycles. The van der Waals surface area contributed by atoms with Crippen molar-refractivity contribution < 1.29 is 19.4 Å². The van der Waals surface area contributed by atoms with Crippen molar-refractivity contribution >= 4 is 17.6 Å². The molecule has 0 fully saturated rings. The highest BCUT2D eigenvalue weighted by molar-refractivity contribution is 5.97. The zero-order valence-electron chi connectivity index (χ0n) is 10.7. The normalized spacial score (nSPS) is 11.9. The molecule has 0 bridgehead atoms. The van der Waals surface area contributed by atoms with E-state index in [2.05, 4.69) is 5.32 Å². The molecule has 0 aromatic heterocycles. The minimum Gasteiger partial charge on any atom is -0.481 e. The van der Waals surface area contributed by atoms with Gasteiger partial charge in [0.25, 0.3) is 5.91 Å². The minimum atomic E-state index is -1.07. The number of aliphatic carboxylic acids is 1. The lowest BCUT2D eigenvalue weighted by atomic mass is 10.1. The fourth-order valence-electron chi connectivity index (χ4n) is 1.66. The molecule has 0 aliphatic rings. The average molecular weight is 251 g/mol. The second-order valence-electron chi connectivity index (χ2n) is 4.08. The van der Waals surface area contributed by atoms with Gasteiger partial charge < -0.3 is 15.2 Å². The summed E-state index contributed by atoms with van der Waals surface area (Å²) >= 11 is 0. The van der Waals surface area contributed by atoms with Gasteiger partial charge in [-0.05, 0) is 25.0 Å². The molecule has 1 unspecified atom stereocenters. The summed E-state index contributed by atoms with van der Waals surface area (Å²) in [6.45, 7) is 3.75. The van der Waals surface area contributed by atoms with Gasteiger partial charge in [0, 0.05) is 12.8 Å². The van der Waals surface area contributed by atoms with Gasteiger partial charge in [0.2, 0.25) is 0 Å². The van der Waals surface area contributed by atoms with E-state index >= 15 is 0 Å². The zero-order valence-corrected chi connectivity index (χ0v) is 10.7. The molecular weight excluding hydrogens is 234 g/mol. The van der Waals surface area contributed by atoms with Crippen LogP contribution in [0.1, 0.15) is 17.5 Å². The predicted octanol–water partition coefficient (Wildman–Crippen LogP) is 1.73. The van der Waals surface area contributed by atoms with Crippen LogP contribution >= 0.6 is 0 Å². The lowest BCUT2D eigenvalue weighted by Crippen LogP contribution is -2.32. The van der Waals surface area contributed by atoms with E-state index in [0.717, 1.165) is 11.1 Å². The number of carboxylic acid groups (broad SMARTS) is 1. The van der Waals surface area contributed by atoms with E-state index in [1.165, 1.54) is 7.11 Å². The first-order valence-corrected chi connectivity index (χ1v) is 5.57. The lowest BCUT2D eigenvalue weighted by Gasteiger charge is -2.16. The van der Waals surface area contributed by atoms with Crippen LogP contribution < -0.4 is 5.32 Å². The number of hydrogen-bond donors (Lipinski definition) is 2. The van der Waals surface area contributed by atoms with Gasteiger partial charge in [-0.25, -0.2) is 0 Å². The maximum absolute atomic E-state index is 11.9. The standard InChI is InChI=1S/C13H17NO4/c1-8-5-4-6-9(2)12(8)14-13(17)10(18-3)7-11(15)16/h4-6,10H,7H2,1-3H3,(H,14,17)(H,15,16). The molecule has 1 atom stereocenters. The summed E-state index contributed by atoms with van der Waals surface area (Å²) in [5, 5.41) is 11.4. The fourth-order valence-corrected chi connectivity index (χ4v) is 1.66. The van der Waals surface area contributed by atoms with Crippen LogP contribution in [-0.2, 0) is 14.3 Å². The van der Waals surface area contributed by atoms with Crippen LogP contribution in [0.3, 0.4) is 0 Å². The molecule has 5 nitrogen and oxygen atoms in total. The van der Waals surface area contributed by atoms with Gasteiger partial charge in [0.1, 0.15) is 6.10 Å². The van der Waals surface area contributed by atoms with E-state index in [0.29, 0.717) is 5.69 Å². The Labute approximate surface area is 106 Å². The van der Waals surface area contributed by atoms with Crippen LogP contribution in [0.15, 0.2) is 18.2 Å². The minimum absolute atomic E-state index is 0.354. The van der Waals surface area contributed by atoms with Crippen molar-refractivity contribution in [1.82, 2.24) is 0 Å². The smallest absolute Gasteiger partial charge is 0.306 e. The zero-order chi connectivity index (χ0) is 13.7. The van der Waals surface area contributed by atoms with E-state index in [1.807, 2.05) is 32.0 Å². The third kappa shape index (κ3) is 3.56. The Morgan fingerprint density at radius 2 is 1.89 bits per heavy atom. The van der Waals surface area contributed by atoms with Gasteiger partial charge in [0.15, 0.2) is 0 Å². The molecule has 0 aliphatic heterocycles. The number of benzene rings is 1. The highest BCUT2D eigenvalue weighted by Crippen LogP contribution is 2.20. The summed E-state index contributed by atoms with van der Waals surface area (Å²) in [5.74, 6) is -1.52. The number of aryl methyl sites for hydroxylation is 2. The number of rotatable bonds is 5. The maximum Gasteiger partial charge on any atom is 0.306 e. The molecule has 18 heavy (non-hydrogen) atoms. The highest BCUT2D eigenvalue weighted by Gasteiger charge is 2.22. The summed E-state index contributed by atoms with van der Waals surface area (Å²) in [4.78, 5) is 22.5. The van der Waals surface area contributed by atoms with Gasteiger partial charge in [-0.1, -0.05) is 18.2 Å². The van der Waals surface area contributed by atoms with Crippen LogP contribution in [0, 0.1) is 13.8 Å². The van der Waals surface area contributed by atoms with Crippen LogP contribution in [0.5, 0.6) is 0 Å². The molecule has 1 aromatic carbocycles. The Morgan fingerprint density at radius 3 is 2.33 bits per heavy atom. The van der Waals surface area contributed by atoms with Gasteiger partial charge in [0.05, 0.1) is 6.42 Å². The number of anilines is 1. The second-order valence-corrected chi connectivity index (χ2v) is 4.08. The number of hydrogen-bond acceptors (Lipinski definition) is 3. The Kier molecular flexibility index (Phi) is 4.85. The Morgan fingerprint density at radius 1 is 1.33 bits per heavy atom. The number of ether oxygens (including phenoxy) is 1. The first-order chi connectivity index (χ1) is 8.45. The molecule has 0 saturated heterocycles. The van der Waals surface area contributed by atoms with Crippen LogP contribution in [-0.4, -0.2) is 30.2 Å². The Hall–Kier alpha value is -1.88. The van der Waals surface area contributed by atoms with Crippen molar-refractivity contribution in [3.8, 4) is 0 Å². The SMILES string of the molecule is COC(CC(=O)O)C(=O)Nc1c(C)cccc1C. The Bertz CT molecular complexity index is 436. The van der Waals surface area contributed by atoms with Crippen LogP contribution in [0.25, 0.3) is 0 Å². The summed E-state index contributed by atoms with van der Waals surface area (Å²) < 4.78 is 4.88. The van der Waals surface area contributed by atoms with Gasteiger partial charge in [-0.15, -0.1) is 0 Å². The number of amides is 1. The third-order valence-corrected chi connectivity index (χ3v) is 2.67. The monoisotopic (exact) mass is 251 g/mol. The second kappa shape index (κ2) is 6.16. The summed E-state index contributed by atoms with van der Waals surface area (Å²) in [6.07, 6.45) is -1.34. The first kappa shape index (κ1) is 14.2. The largest absolute Gasteiger partial charge is 0.481 e. The first-order valence-electron chi connectivity index (χ1n) is 5.57. The number of carbonyl (C=O) groups excluding carboxylic acids is 1. The van der Waals surface area contributed by atoms with Crippen LogP contribution in [0.2, 0.25) is 0 Å². The van der Waals surface area contributed by atoms with Crippen LogP contribution in [0.4, 0.5) is 5.69 Å². The molecule has 1 aromatic rings. The molecular formula is C13H17NO4. The van der Waals surface area contributed by atoms with Crippen molar-refractivity contribution in [3.05, 3.63) is 29.3 Å². The molecule has 0 heterocycles. The average Bonchev–Trinajstić information content (AvgIpc) is 2.30. The molecule has 98 valence electrons. The van der Waals surface area contributed by atoms with Crippen molar-refractivity contribution in [2.75, 3.05) is 12.4 Å². The third-order valence-electron chi connectivity index (χ3n) is 2.67. The van der Waals surface area contributed by atoms with Gasteiger partial charge in [-0.2, -0.15) is 0 Å². The number of carboxylic acids is 1. The molecule has 0 saturated carbocycles. The van der Waals surface area contributed by atoms with Crippen molar-refractivity contribution in [2.45, 2.75) is 26.4 Å². The van der Waals surface area contributed by atoms with E-state index in [4.69, 9.17) is 9.84 Å². The topological polar surface area (TPSA) is 75.6 Å². The predicted molar refractivity (Wildman–Crippen MR) is 67.6 cm³/mol. The van der Waals surface area contributed by atoms with Gasteiger partial charge in [-0.3, -0.25) is 9.59 Å². The quantitative estimate of drug-likeness (QED) is 0.835. The summed E-state index contributed by atoms with van der Waals surface area (Å²) in [6, 6.07) is 5.65.